The van der Waals surface area contributed by atoms with Crippen molar-refractivity contribution >= 4 is 16.1 Å². The van der Waals surface area contributed by atoms with E-state index in [2.05, 4.69) is 110 Å². The third kappa shape index (κ3) is 23.9. The highest BCUT2D eigenvalue weighted by Crippen LogP contribution is 2.36. The summed E-state index contributed by atoms with van der Waals surface area (Å²) < 4.78 is 19.0. The Balaban J connectivity index is 1.50. The first-order chi connectivity index (χ1) is 33.6. The Morgan fingerprint density at radius 3 is 1.06 bits per heavy atom. The monoisotopic (exact) mass is 979 g/mol. The summed E-state index contributed by atoms with van der Waals surface area (Å²) in [4.78, 5) is 18.6. The zero-order valence-corrected chi connectivity index (χ0v) is 47.4. The minimum Gasteiger partial charge on any atom is -0.463 e. The van der Waals surface area contributed by atoms with E-state index in [-0.39, 0.29) is 0 Å². The lowest BCUT2D eigenvalue weighted by atomic mass is 10.00. The molecule has 7 nitrogen and oxygen atoms in total. The number of hydrogen-bond acceptors (Lipinski definition) is 7. The molecule has 2 heterocycles. The summed E-state index contributed by atoms with van der Waals surface area (Å²) in [6.45, 7) is 20.8. The van der Waals surface area contributed by atoms with Crippen LogP contribution in [0.5, 0.6) is 23.5 Å². The molecule has 4 rings (SSSR count). The van der Waals surface area contributed by atoms with E-state index in [1.165, 1.54) is 164 Å². The molecule has 0 N–H and O–H groups in total. The van der Waals surface area contributed by atoms with Crippen molar-refractivity contribution in [2.24, 2.45) is 0 Å². The minimum absolute atomic E-state index is 0.462. The number of aromatic nitrogens is 4. The van der Waals surface area contributed by atoms with Crippen molar-refractivity contribution in [1.29, 1.82) is 0 Å². The van der Waals surface area contributed by atoms with Crippen molar-refractivity contribution < 1.29 is 14.2 Å². The number of benzene rings is 2. The van der Waals surface area contributed by atoms with Crippen molar-refractivity contribution in [2.45, 2.75) is 245 Å². The maximum Gasteiger partial charge on any atom is 0.316 e. The molecule has 0 aliphatic heterocycles. The third-order valence-corrected chi connectivity index (χ3v) is 21.1. The molecule has 0 bridgehead atoms. The first kappa shape index (κ1) is 58.0. The van der Waals surface area contributed by atoms with E-state index in [4.69, 9.17) is 14.2 Å². The lowest BCUT2D eigenvalue weighted by molar-refractivity contribution is 0.281. The van der Waals surface area contributed by atoms with E-state index in [0.717, 1.165) is 72.3 Å². The Morgan fingerprint density at radius 1 is 0.362 bits per heavy atom. The number of unbranched alkanes of at least 4 members (excludes halogenated alkanes) is 18. The summed E-state index contributed by atoms with van der Waals surface area (Å²) in [5.41, 5.74) is 6.70. The van der Waals surface area contributed by atoms with E-state index >= 15 is 0 Å². The summed E-state index contributed by atoms with van der Waals surface area (Å²) in [5, 5.41) is 0. The van der Waals surface area contributed by atoms with Crippen LogP contribution in [0.3, 0.4) is 0 Å². The molecule has 0 aliphatic carbocycles. The van der Waals surface area contributed by atoms with Crippen molar-refractivity contribution in [2.75, 3.05) is 13.2 Å². The standard InChI is InChI=1S/C60H98N4O3Si2/c1-9-13-17-19-21-23-25-29-39-65-59-61-47-55(48-62-59)51-35-37-57(53(45-51)33-27-31-43-68(5,6)41-15-11-3)67-58-38-36-52(46-54(58)34-28-32-44-69(7,8)42-16-12-4)56-49-63-60(64-50-56)66-40-30-26-24-22-20-18-14-10-2/h35-38,45-50H,9-34,39-44H2,1-8H3. The molecule has 0 fully saturated rings. The SMILES string of the molecule is CCCCCCCCCCOc1ncc(-c2ccc(Oc3ccc(-c4cnc(OCCCCCCCCCC)nc4)cc3CCCC[Si](C)(C)CCCC)c(CCCC[Si](C)(C)CCCC)c2)cn1. The van der Waals surface area contributed by atoms with Crippen LogP contribution in [-0.4, -0.2) is 49.3 Å². The zero-order chi connectivity index (χ0) is 49.4. The lowest BCUT2D eigenvalue weighted by Crippen LogP contribution is -2.24. The van der Waals surface area contributed by atoms with Crippen LogP contribution in [0.2, 0.25) is 50.4 Å². The van der Waals surface area contributed by atoms with Crippen LogP contribution in [0.25, 0.3) is 22.3 Å². The number of ether oxygens (including phenoxy) is 3. The Hall–Kier alpha value is -3.57. The van der Waals surface area contributed by atoms with Gasteiger partial charge in [-0.3, -0.25) is 0 Å². The Morgan fingerprint density at radius 2 is 0.696 bits per heavy atom. The lowest BCUT2D eigenvalue weighted by Gasteiger charge is -2.22. The highest BCUT2D eigenvalue weighted by Gasteiger charge is 2.21. The fourth-order valence-electron chi connectivity index (χ4n) is 9.50. The van der Waals surface area contributed by atoms with Gasteiger partial charge in [-0.05, 0) is 85.0 Å². The van der Waals surface area contributed by atoms with Crippen molar-refractivity contribution in [3.05, 3.63) is 72.3 Å². The minimum atomic E-state index is -1.20. The van der Waals surface area contributed by atoms with Gasteiger partial charge in [-0.1, -0.05) is 219 Å². The molecule has 384 valence electrons. The fourth-order valence-corrected chi connectivity index (χ4v) is 15.0. The predicted octanol–water partition coefficient (Wildman–Crippen LogP) is 19.1. The summed E-state index contributed by atoms with van der Waals surface area (Å²) >= 11 is 0. The van der Waals surface area contributed by atoms with Gasteiger partial charge in [0.15, 0.2) is 0 Å². The summed E-state index contributed by atoms with van der Waals surface area (Å²) in [7, 11) is -2.39. The second-order valence-corrected chi connectivity index (χ2v) is 32.5. The quantitative estimate of drug-likeness (QED) is 0.0324. The molecule has 0 atom stereocenters. The van der Waals surface area contributed by atoms with Gasteiger partial charge in [-0.15, -0.1) is 0 Å². The van der Waals surface area contributed by atoms with Gasteiger partial charge in [0.2, 0.25) is 0 Å². The van der Waals surface area contributed by atoms with Gasteiger partial charge in [0.25, 0.3) is 0 Å². The average molecular weight is 980 g/mol. The van der Waals surface area contributed by atoms with Gasteiger partial charge in [0, 0.05) is 52.1 Å². The summed E-state index contributed by atoms with van der Waals surface area (Å²) in [6.07, 6.45) is 40.1. The summed E-state index contributed by atoms with van der Waals surface area (Å²) in [6, 6.07) is 19.9. The maximum absolute atomic E-state index is 7.07. The fraction of sp³-hybridized carbons (Fsp3) is 0.667. The topological polar surface area (TPSA) is 79.2 Å². The predicted molar refractivity (Wildman–Crippen MR) is 301 cm³/mol. The Bertz CT molecular complexity index is 1800. The largest absolute Gasteiger partial charge is 0.463 e. The molecule has 0 radical (unpaired) electrons. The van der Waals surface area contributed by atoms with Crippen molar-refractivity contribution in [1.82, 2.24) is 19.9 Å². The van der Waals surface area contributed by atoms with E-state index in [1.54, 1.807) is 0 Å². The van der Waals surface area contributed by atoms with Crippen LogP contribution in [0, 0.1) is 0 Å². The molecule has 69 heavy (non-hydrogen) atoms. The highest BCUT2D eigenvalue weighted by atomic mass is 28.3. The van der Waals surface area contributed by atoms with Gasteiger partial charge in [0.05, 0.1) is 13.2 Å². The van der Waals surface area contributed by atoms with Crippen LogP contribution in [-0.2, 0) is 12.8 Å². The van der Waals surface area contributed by atoms with Crippen LogP contribution in [0.15, 0.2) is 61.2 Å². The van der Waals surface area contributed by atoms with Crippen molar-refractivity contribution in [3.8, 4) is 45.8 Å². The normalized spacial score (nSPS) is 11.9. The molecule has 0 amide bonds. The first-order valence-corrected chi connectivity index (χ1v) is 35.2. The molecule has 0 unspecified atom stereocenters. The molecule has 4 aromatic rings. The molecule has 2 aromatic heterocycles. The van der Waals surface area contributed by atoms with Gasteiger partial charge >= 0.3 is 12.0 Å². The third-order valence-electron chi connectivity index (χ3n) is 14.2. The highest BCUT2D eigenvalue weighted by molar-refractivity contribution is 6.77. The van der Waals surface area contributed by atoms with Gasteiger partial charge < -0.3 is 14.2 Å². The first-order valence-electron chi connectivity index (χ1n) is 28.4. The number of rotatable bonds is 40. The molecule has 2 aromatic carbocycles. The molecule has 9 heteroatoms. The van der Waals surface area contributed by atoms with Crippen LogP contribution in [0.4, 0.5) is 0 Å². The van der Waals surface area contributed by atoms with Gasteiger partial charge in [0.1, 0.15) is 11.5 Å². The molecular weight excluding hydrogens is 881 g/mol. The number of nitrogens with zero attached hydrogens (tertiary/aromatic N) is 4. The number of aryl methyl sites for hydroxylation is 2. The van der Waals surface area contributed by atoms with E-state index in [1.807, 2.05) is 24.8 Å². The molecule has 0 saturated carbocycles. The van der Waals surface area contributed by atoms with Crippen molar-refractivity contribution in [3.63, 3.8) is 0 Å². The van der Waals surface area contributed by atoms with E-state index < -0.39 is 16.1 Å². The van der Waals surface area contributed by atoms with Crippen LogP contribution < -0.4 is 14.2 Å². The van der Waals surface area contributed by atoms with Crippen LogP contribution in [0.1, 0.15) is 193 Å². The van der Waals surface area contributed by atoms with Gasteiger partial charge in [-0.25, -0.2) is 19.9 Å². The molecular formula is C60H98N4O3Si2. The second kappa shape index (κ2) is 33.9. The molecule has 0 saturated heterocycles. The van der Waals surface area contributed by atoms with E-state index in [9.17, 15) is 0 Å². The zero-order valence-electron chi connectivity index (χ0n) is 45.4. The smallest absolute Gasteiger partial charge is 0.316 e. The average Bonchev–Trinajstić information content (AvgIpc) is 3.35. The number of hydrogen-bond donors (Lipinski definition) is 0. The van der Waals surface area contributed by atoms with Gasteiger partial charge in [-0.2, -0.15) is 0 Å². The Labute approximate surface area is 424 Å². The molecule has 0 aliphatic rings. The maximum atomic E-state index is 7.07. The second-order valence-electron chi connectivity index (χ2n) is 21.9. The van der Waals surface area contributed by atoms with E-state index in [0.29, 0.717) is 25.2 Å². The Kier molecular flexibility index (Phi) is 28.5. The summed E-state index contributed by atoms with van der Waals surface area (Å²) in [5.74, 6) is 1.88. The molecule has 0 spiro atoms. The van der Waals surface area contributed by atoms with Crippen LogP contribution >= 0.6 is 0 Å².